The van der Waals surface area contributed by atoms with E-state index in [2.05, 4.69) is 34.2 Å². The third-order valence-corrected chi connectivity index (χ3v) is 5.07. The van der Waals surface area contributed by atoms with Crippen LogP contribution in [-0.4, -0.2) is 76.8 Å². The highest BCUT2D eigenvalue weighted by molar-refractivity contribution is 5.95. The Balaban J connectivity index is 0.000000540. The second kappa shape index (κ2) is 13.3. The summed E-state index contributed by atoms with van der Waals surface area (Å²) in [5, 5.41) is 19.7. The molecule has 3 N–H and O–H groups in total. The maximum atomic E-state index is 11.3. The van der Waals surface area contributed by atoms with Gasteiger partial charge < -0.3 is 20.4 Å². The number of guanidine groups is 1. The summed E-state index contributed by atoms with van der Waals surface area (Å²) in [6.45, 7) is 7.73. The van der Waals surface area contributed by atoms with Gasteiger partial charge in [0.1, 0.15) is 0 Å². The number of aliphatic carboxylic acids is 1. The predicted octanol–water partition coefficient (Wildman–Crippen LogP) is 4.01. The molecule has 0 amide bonds. The molecule has 35 heavy (non-hydrogen) atoms. The third kappa shape index (κ3) is 9.65. The van der Waals surface area contributed by atoms with Crippen LogP contribution in [0.2, 0.25) is 0 Å². The van der Waals surface area contributed by atoms with Crippen LogP contribution in [0.4, 0.5) is 18.9 Å². The molecule has 2 aromatic carbocycles. The lowest BCUT2D eigenvalue weighted by atomic mass is 10.2. The van der Waals surface area contributed by atoms with Crippen molar-refractivity contribution < 1.29 is 33.0 Å². The average molecular weight is 495 g/mol. The fourth-order valence-corrected chi connectivity index (χ4v) is 3.33. The van der Waals surface area contributed by atoms with Crippen molar-refractivity contribution in [1.82, 2.24) is 9.80 Å². The van der Waals surface area contributed by atoms with E-state index < -0.39 is 18.1 Å². The van der Waals surface area contributed by atoms with Crippen LogP contribution < -0.4 is 5.32 Å². The van der Waals surface area contributed by atoms with Crippen molar-refractivity contribution in [3.8, 4) is 0 Å². The molecule has 1 aliphatic rings. The molecule has 0 aliphatic carbocycles. The summed E-state index contributed by atoms with van der Waals surface area (Å²) in [6, 6.07) is 17.0. The first-order valence-corrected chi connectivity index (χ1v) is 11.1. The van der Waals surface area contributed by atoms with Gasteiger partial charge in [0.25, 0.3) is 0 Å². The number of carboxylic acid groups (broad SMARTS) is 2. The second-order valence-electron chi connectivity index (χ2n) is 7.77. The maximum absolute atomic E-state index is 11.3. The molecular formula is C24H29F3N4O4. The number of halogens is 3. The number of hydrogen-bond acceptors (Lipinski definition) is 4. The molecular weight excluding hydrogens is 465 g/mol. The number of alkyl halides is 3. The van der Waals surface area contributed by atoms with E-state index in [1.54, 1.807) is 18.2 Å². The molecule has 0 unspecified atom stereocenters. The minimum absolute atomic E-state index is 0.264. The molecule has 0 aromatic heterocycles. The molecule has 1 aliphatic heterocycles. The van der Waals surface area contributed by atoms with Gasteiger partial charge in [-0.1, -0.05) is 43.3 Å². The van der Waals surface area contributed by atoms with Crippen molar-refractivity contribution >= 4 is 23.6 Å². The number of anilines is 1. The Bertz CT molecular complexity index is 992. The summed E-state index contributed by atoms with van der Waals surface area (Å²) in [7, 11) is 0. The molecule has 0 spiro atoms. The minimum Gasteiger partial charge on any atom is -0.478 e. The molecule has 1 fully saturated rings. The van der Waals surface area contributed by atoms with Gasteiger partial charge in [-0.15, -0.1) is 0 Å². The Labute approximate surface area is 201 Å². The summed E-state index contributed by atoms with van der Waals surface area (Å²) in [5.74, 6) is -2.89. The third-order valence-electron chi connectivity index (χ3n) is 5.07. The second-order valence-corrected chi connectivity index (χ2v) is 7.77. The molecule has 0 atom stereocenters. The average Bonchev–Trinajstić information content (AvgIpc) is 2.83. The number of benzene rings is 2. The highest BCUT2D eigenvalue weighted by Gasteiger charge is 2.38. The fraction of sp³-hybridized carbons (Fsp3) is 0.375. The number of nitrogens with zero attached hydrogens (tertiary/aromatic N) is 3. The zero-order valence-electron chi connectivity index (χ0n) is 19.3. The lowest BCUT2D eigenvalue weighted by Crippen LogP contribution is -2.50. The zero-order chi connectivity index (χ0) is 25.8. The van der Waals surface area contributed by atoms with Gasteiger partial charge in [-0.3, -0.25) is 4.90 Å². The van der Waals surface area contributed by atoms with Crippen LogP contribution in [0, 0.1) is 0 Å². The van der Waals surface area contributed by atoms with Gasteiger partial charge in [0, 0.05) is 31.9 Å². The number of carboxylic acids is 2. The molecule has 2 aromatic rings. The lowest BCUT2D eigenvalue weighted by Gasteiger charge is -2.36. The van der Waals surface area contributed by atoms with Gasteiger partial charge in [0.15, 0.2) is 5.96 Å². The molecule has 1 saturated heterocycles. The molecule has 11 heteroatoms. The van der Waals surface area contributed by atoms with Crippen LogP contribution in [0.5, 0.6) is 0 Å². The molecule has 190 valence electrons. The first kappa shape index (κ1) is 27.6. The smallest absolute Gasteiger partial charge is 0.478 e. The molecule has 3 rings (SSSR count). The summed E-state index contributed by atoms with van der Waals surface area (Å²) in [4.78, 5) is 29.7. The van der Waals surface area contributed by atoms with E-state index >= 15 is 0 Å². The van der Waals surface area contributed by atoms with Gasteiger partial charge in [-0.2, -0.15) is 13.2 Å². The van der Waals surface area contributed by atoms with E-state index in [4.69, 9.17) is 14.9 Å². The van der Waals surface area contributed by atoms with Crippen molar-refractivity contribution in [1.29, 1.82) is 0 Å². The number of nitrogens with one attached hydrogen (secondary N) is 1. The maximum Gasteiger partial charge on any atom is 0.490 e. The van der Waals surface area contributed by atoms with Crippen molar-refractivity contribution in [3.05, 3.63) is 65.7 Å². The summed E-state index contributed by atoms with van der Waals surface area (Å²) >= 11 is 0. The number of piperazine rings is 1. The minimum atomic E-state index is -5.08. The summed E-state index contributed by atoms with van der Waals surface area (Å²) < 4.78 is 31.7. The number of aromatic carboxylic acids is 1. The molecule has 0 radical (unpaired) electrons. The monoisotopic (exact) mass is 494 g/mol. The van der Waals surface area contributed by atoms with Crippen LogP contribution in [-0.2, 0) is 11.3 Å². The zero-order valence-corrected chi connectivity index (χ0v) is 19.3. The van der Waals surface area contributed by atoms with Gasteiger partial charge in [0.05, 0.1) is 12.1 Å². The van der Waals surface area contributed by atoms with Crippen molar-refractivity contribution in [2.75, 3.05) is 38.0 Å². The predicted molar refractivity (Wildman–Crippen MR) is 127 cm³/mol. The first-order chi connectivity index (χ1) is 16.6. The summed E-state index contributed by atoms with van der Waals surface area (Å²) in [6.07, 6.45) is -3.92. The Morgan fingerprint density at radius 2 is 1.63 bits per heavy atom. The van der Waals surface area contributed by atoms with Crippen molar-refractivity contribution in [2.24, 2.45) is 4.99 Å². The first-order valence-electron chi connectivity index (χ1n) is 11.1. The van der Waals surface area contributed by atoms with Crippen molar-refractivity contribution in [2.45, 2.75) is 26.1 Å². The van der Waals surface area contributed by atoms with Gasteiger partial charge in [0.2, 0.25) is 0 Å². The largest absolute Gasteiger partial charge is 0.490 e. The van der Waals surface area contributed by atoms with Crippen LogP contribution in [0.3, 0.4) is 0 Å². The van der Waals surface area contributed by atoms with Crippen LogP contribution >= 0.6 is 0 Å². The summed E-state index contributed by atoms with van der Waals surface area (Å²) in [5.41, 5.74) is 2.15. The molecule has 8 nitrogen and oxygen atoms in total. The van der Waals surface area contributed by atoms with Crippen LogP contribution in [0.15, 0.2) is 59.6 Å². The molecule has 0 saturated carbocycles. The highest BCUT2D eigenvalue weighted by Crippen LogP contribution is 2.14. The van der Waals surface area contributed by atoms with E-state index in [0.717, 1.165) is 56.4 Å². The highest BCUT2D eigenvalue weighted by atomic mass is 19.4. The Morgan fingerprint density at radius 1 is 1.00 bits per heavy atom. The van der Waals surface area contributed by atoms with E-state index in [1.165, 1.54) is 0 Å². The van der Waals surface area contributed by atoms with E-state index in [-0.39, 0.29) is 5.56 Å². The quantitative estimate of drug-likeness (QED) is 0.412. The van der Waals surface area contributed by atoms with E-state index in [0.29, 0.717) is 6.54 Å². The van der Waals surface area contributed by atoms with Gasteiger partial charge in [-0.05, 0) is 36.7 Å². The number of hydrogen-bond donors (Lipinski definition) is 3. The van der Waals surface area contributed by atoms with Crippen LogP contribution in [0.25, 0.3) is 0 Å². The number of rotatable bonds is 6. The standard InChI is InChI=1S/C22H28N4O2.C2HF3O2/c1-2-11-25-12-14-26(15-13-25)22(23-17-18-7-4-3-5-8-18)24-20-10-6-9-19(16-20)21(27)28;3-2(4,5)1(6)7/h3-10,16H,2,11-15,17H2,1H3,(H,23,24)(H,27,28);(H,6,7). The van der Waals surface area contributed by atoms with Gasteiger partial charge >= 0.3 is 18.1 Å². The Hall–Kier alpha value is -3.60. The molecule has 1 heterocycles. The van der Waals surface area contributed by atoms with Crippen molar-refractivity contribution in [3.63, 3.8) is 0 Å². The fourth-order valence-electron chi connectivity index (χ4n) is 3.33. The Morgan fingerprint density at radius 3 is 2.17 bits per heavy atom. The topological polar surface area (TPSA) is 105 Å². The van der Waals surface area contributed by atoms with E-state index in [1.807, 2.05) is 24.3 Å². The van der Waals surface area contributed by atoms with Crippen LogP contribution in [0.1, 0.15) is 29.3 Å². The molecule has 0 bridgehead atoms. The normalized spacial score (nSPS) is 14.6. The Kier molecular flexibility index (Phi) is 10.5. The van der Waals surface area contributed by atoms with E-state index in [9.17, 15) is 23.1 Å². The number of carbonyl (C=O) groups is 2. The van der Waals surface area contributed by atoms with Gasteiger partial charge in [-0.25, -0.2) is 14.6 Å². The SMILES string of the molecule is CCCN1CCN(C(=NCc2ccccc2)Nc2cccc(C(=O)O)c2)CC1.O=C(O)C(F)(F)F. The lowest BCUT2D eigenvalue weighted by molar-refractivity contribution is -0.192. The number of aliphatic imine (C=N–C) groups is 1.